The molecule has 1 amide bonds. The maximum absolute atomic E-state index is 12.7. The number of carbonyl (C=O) groups excluding carboxylic acids is 1. The van der Waals surface area contributed by atoms with Crippen LogP contribution >= 0.6 is 12.4 Å². The van der Waals surface area contributed by atoms with E-state index in [1.165, 1.54) is 12.8 Å². The second kappa shape index (κ2) is 8.69. The van der Waals surface area contributed by atoms with Gasteiger partial charge >= 0.3 is 0 Å². The van der Waals surface area contributed by atoms with Crippen molar-refractivity contribution in [3.8, 4) is 0 Å². The first kappa shape index (κ1) is 23.1. The number of halogens is 1. The molecule has 3 N–H and O–H groups in total. The van der Waals surface area contributed by atoms with Crippen LogP contribution in [0.1, 0.15) is 58.4 Å². The number of anilines is 1. The Kier molecular flexibility index (Phi) is 7.18. The molecule has 2 atom stereocenters. The highest BCUT2D eigenvalue weighted by Gasteiger charge is 2.34. The first-order chi connectivity index (χ1) is 12.5. The van der Waals surface area contributed by atoms with Gasteiger partial charge in [0, 0.05) is 29.7 Å². The molecular weight excluding hydrogens is 398 g/mol. The molecule has 1 aromatic rings. The van der Waals surface area contributed by atoms with Crippen molar-refractivity contribution in [3.05, 3.63) is 23.8 Å². The number of carbonyl (C=O) groups is 1. The zero-order chi connectivity index (χ0) is 19.8. The predicted octanol–water partition coefficient (Wildman–Crippen LogP) is 3.35. The summed E-state index contributed by atoms with van der Waals surface area (Å²) < 4.78 is 28.0. The third-order valence-corrected chi connectivity index (χ3v) is 7.24. The van der Waals surface area contributed by atoms with E-state index in [0.29, 0.717) is 35.7 Å². The average molecular weight is 430 g/mol. The lowest BCUT2D eigenvalue weighted by molar-refractivity contribution is -0.117. The van der Waals surface area contributed by atoms with Crippen LogP contribution in [0.5, 0.6) is 0 Å². The molecule has 0 radical (unpaired) electrons. The number of hydrogen-bond acceptors (Lipinski definition) is 4. The van der Waals surface area contributed by atoms with Gasteiger partial charge in [0.2, 0.25) is 15.9 Å². The first-order valence-electron chi connectivity index (χ1n) is 9.73. The van der Waals surface area contributed by atoms with Crippen LogP contribution < -0.4 is 15.4 Å². The summed E-state index contributed by atoms with van der Waals surface area (Å²) in [5.74, 6) is 0.362. The van der Waals surface area contributed by atoms with Gasteiger partial charge in [-0.05, 0) is 77.0 Å². The number of nitrogens with one attached hydrogen (secondary N) is 3. The van der Waals surface area contributed by atoms with Crippen LogP contribution in [0.4, 0.5) is 5.69 Å². The van der Waals surface area contributed by atoms with Crippen molar-refractivity contribution in [2.24, 2.45) is 5.92 Å². The summed E-state index contributed by atoms with van der Waals surface area (Å²) in [6.45, 7) is 7.14. The van der Waals surface area contributed by atoms with Gasteiger partial charge in [0.05, 0.1) is 4.90 Å². The van der Waals surface area contributed by atoms with Crippen molar-refractivity contribution in [2.45, 2.75) is 82.3 Å². The zero-order valence-corrected chi connectivity index (χ0v) is 18.7. The Balaban J connectivity index is 0.00000280. The predicted molar refractivity (Wildman–Crippen MR) is 114 cm³/mol. The summed E-state index contributed by atoms with van der Waals surface area (Å²) in [6, 6.07) is 6.12. The first-order valence-corrected chi connectivity index (χ1v) is 11.2. The second-order valence-electron chi connectivity index (χ2n) is 9.01. The summed E-state index contributed by atoms with van der Waals surface area (Å²) >= 11 is 0. The molecule has 2 unspecified atom stereocenters. The van der Waals surface area contributed by atoms with E-state index >= 15 is 0 Å². The monoisotopic (exact) mass is 429 g/mol. The fraction of sp³-hybridized carbons (Fsp3) is 0.650. The van der Waals surface area contributed by atoms with Crippen LogP contribution in [0.25, 0.3) is 0 Å². The number of rotatable bonds is 5. The van der Waals surface area contributed by atoms with E-state index in [4.69, 9.17) is 0 Å². The molecule has 158 valence electrons. The van der Waals surface area contributed by atoms with Crippen LogP contribution in [0.2, 0.25) is 0 Å². The number of amides is 1. The Hall–Kier alpha value is -1.15. The van der Waals surface area contributed by atoms with Gasteiger partial charge in [-0.2, -0.15) is 0 Å². The summed E-state index contributed by atoms with van der Waals surface area (Å²) in [6.07, 6.45) is 5.01. The molecule has 0 saturated carbocycles. The van der Waals surface area contributed by atoms with Crippen molar-refractivity contribution < 1.29 is 13.2 Å². The minimum atomic E-state index is -3.65. The van der Waals surface area contributed by atoms with E-state index in [0.717, 1.165) is 12.8 Å². The molecule has 0 aliphatic carbocycles. The quantitative estimate of drug-likeness (QED) is 0.669. The summed E-state index contributed by atoms with van der Waals surface area (Å²) in [7, 11) is -3.65. The molecule has 1 aromatic carbocycles. The van der Waals surface area contributed by atoms with Gasteiger partial charge < -0.3 is 10.6 Å². The Labute approximate surface area is 174 Å². The molecule has 2 bridgehead atoms. The van der Waals surface area contributed by atoms with Crippen molar-refractivity contribution in [1.82, 2.24) is 10.0 Å². The third kappa shape index (κ3) is 5.69. The van der Waals surface area contributed by atoms with Crippen LogP contribution in [0, 0.1) is 12.8 Å². The van der Waals surface area contributed by atoms with E-state index in [1.807, 2.05) is 0 Å². The fourth-order valence-corrected chi connectivity index (χ4v) is 5.99. The maximum atomic E-state index is 12.7. The number of fused-ring (bicyclic) bond motifs is 2. The molecule has 0 aromatic heterocycles. The highest BCUT2D eigenvalue weighted by atomic mass is 35.5. The lowest BCUT2D eigenvalue weighted by Crippen LogP contribution is -2.40. The van der Waals surface area contributed by atoms with Crippen molar-refractivity contribution in [1.29, 1.82) is 0 Å². The van der Waals surface area contributed by atoms with Gasteiger partial charge in [0.15, 0.2) is 0 Å². The zero-order valence-electron chi connectivity index (χ0n) is 17.0. The van der Waals surface area contributed by atoms with Crippen LogP contribution in [-0.2, 0) is 14.8 Å². The van der Waals surface area contributed by atoms with E-state index in [2.05, 4.69) is 15.4 Å². The SMILES string of the molecule is Cc1c(NC(=O)CC2CC3CCC(C2)N3)cccc1S(=O)(=O)NC(C)(C)C.Cl. The van der Waals surface area contributed by atoms with Crippen molar-refractivity contribution in [2.75, 3.05) is 5.32 Å². The molecule has 0 spiro atoms. The van der Waals surface area contributed by atoms with Gasteiger partial charge in [-0.3, -0.25) is 4.79 Å². The normalized spacial score (nSPS) is 24.5. The number of piperidine rings is 1. The minimum absolute atomic E-state index is 0. The third-order valence-electron chi connectivity index (χ3n) is 5.33. The summed E-state index contributed by atoms with van der Waals surface area (Å²) in [5.41, 5.74) is 0.556. The lowest BCUT2D eigenvalue weighted by atomic mass is 9.89. The molecular formula is C20H32ClN3O3S. The Bertz CT molecular complexity index is 808. The molecule has 2 aliphatic heterocycles. The van der Waals surface area contributed by atoms with Gasteiger partial charge in [-0.1, -0.05) is 6.07 Å². The fourth-order valence-electron chi connectivity index (χ4n) is 4.30. The van der Waals surface area contributed by atoms with E-state index in [-0.39, 0.29) is 23.2 Å². The molecule has 2 aliphatic rings. The summed E-state index contributed by atoms with van der Waals surface area (Å²) in [4.78, 5) is 12.8. The van der Waals surface area contributed by atoms with E-state index < -0.39 is 15.6 Å². The largest absolute Gasteiger partial charge is 0.326 e. The average Bonchev–Trinajstić information content (AvgIpc) is 2.85. The lowest BCUT2D eigenvalue weighted by Gasteiger charge is -2.28. The van der Waals surface area contributed by atoms with Crippen LogP contribution in [0.15, 0.2) is 23.1 Å². The number of benzene rings is 1. The molecule has 2 heterocycles. The maximum Gasteiger partial charge on any atom is 0.241 e. The Morgan fingerprint density at radius 2 is 1.79 bits per heavy atom. The molecule has 2 fully saturated rings. The molecule has 2 saturated heterocycles. The van der Waals surface area contributed by atoms with Gasteiger partial charge in [-0.15, -0.1) is 12.4 Å². The molecule has 3 rings (SSSR count). The van der Waals surface area contributed by atoms with E-state index in [9.17, 15) is 13.2 Å². The van der Waals surface area contributed by atoms with E-state index in [1.54, 1.807) is 45.9 Å². The Morgan fingerprint density at radius 1 is 1.18 bits per heavy atom. The highest BCUT2D eigenvalue weighted by molar-refractivity contribution is 7.89. The molecule has 8 heteroatoms. The highest BCUT2D eigenvalue weighted by Crippen LogP contribution is 2.33. The van der Waals surface area contributed by atoms with Crippen molar-refractivity contribution in [3.63, 3.8) is 0 Å². The second-order valence-corrected chi connectivity index (χ2v) is 10.7. The van der Waals surface area contributed by atoms with Gasteiger partial charge in [0.25, 0.3) is 0 Å². The minimum Gasteiger partial charge on any atom is -0.326 e. The molecule has 28 heavy (non-hydrogen) atoms. The van der Waals surface area contributed by atoms with Gasteiger partial charge in [-0.25, -0.2) is 13.1 Å². The van der Waals surface area contributed by atoms with Gasteiger partial charge in [0.1, 0.15) is 0 Å². The smallest absolute Gasteiger partial charge is 0.241 e. The van der Waals surface area contributed by atoms with Crippen molar-refractivity contribution >= 4 is 34.0 Å². The Morgan fingerprint density at radius 3 is 2.36 bits per heavy atom. The number of hydrogen-bond donors (Lipinski definition) is 3. The standard InChI is InChI=1S/C20H31N3O3S.ClH/c1-13-17(6-5-7-18(13)27(25,26)23-20(2,3)4)22-19(24)12-14-10-15-8-9-16(11-14)21-15;/h5-7,14-16,21,23H,8-12H2,1-4H3,(H,22,24);1H. The topological polar surface area (TPSA) is 87.3 Å². The number of sulfonamides is 1. The molecule has 6 nitrogen and oxygen atoms in total. The van der Waals surface area contributed by atoms with Crippen LogP contribution in [-0.4, -0.2) is 31.9 Å². The van der Waals surface area contributed by atoms with Crippen LogP contribution in [0.3, 0.4) is 0 Å². The summed E-state index contributed by atoms with van der Waals surface area (Å²) in [5, 5.41) is 6.52.